The monoisotopic (exact) mass is 144 g/mol. The Morgan fingerprint density at radius 3 is 2.67 bits per heavy atom. The fraction of sp³-hybridized carbons (Fsp3) is 0.400. The molecule has 3 nitrogen and oxygen atoms in total. The maximum absolute atomic E-state index is 10.5. The van der Waals surface area contributed by atoms with Crippen LogP contribution in [0.3, 0.4) is 0 Å². The average Bonchev–Trinajstić information content (AvgIpc) is 1.87. The second kappa shape index (κ2) is 4.28. The molecule has 0 aromatic carbocycles. The van der Waals surface area contributed by atoms with Crippen LogP contribution in [-0.4, -0.2) is 20.8 Å². The van der Waals surface area contributed by atoms with Gasteiger partial charge in [0.15, 0.2) is 0 Å². The van der Waals surface area contributed by atoms with Crippen molar-refractivity contribution < 1.29 is 14.0 Å². The summed E-state index contributed by atoms with van der Waals surface area (Å²) in [4.78, 5) is 18.7. The molecule has 0 saturated heterocycles. The van der Waals surface area contributed by atoms with E-state index in [4.69, 9.17) is 4.80 Å². The topological polar surface area (TPSA) is 46.5 Å². The first-order valence-corrected chi connectivity index (χ1v) is 3.31. The van der Waals surface area contributed by atoms with E-state index in [2.05, 4.69) is 4.43 Å². The van der Waals surface area contributed by atoms with Gasteiger partial charge in [0.2, 0.25) is 0 Å². The normalized spacial score (nSPS) is 11.2. The van der Waals surface area contributed by atoms with Crippen LogP contribution in [0.4, 0.5) is 0 Å². The second-order valence-electron chi connectivity index (χ2n) is 1.45. The van der Waals surface area contributed by atoms with Crippen molar-refractivity contribution in [1.82, 2.24) is 0 Å². The van der Waals surface area contributed by atoms with Gasteiger partial charge in [-0.1, -0.05) is 6.08 Å². The van der Waals surface area contributed by atoms with Crippen LogP contribution in [0.2, 0.25) is 0 Å². The summed E-state index contributed by atoms with van der Waals surface area (Å²) < 4.78 is 4.27. The van der Waals surface area contributed by atoms with Gasteiger partial charge < -0.3 is 9.22 Å². The number of hydrogen-bond acceptors (Lipinski definition) is 3. The van der Waals surface area contributed by atoms with Gasteiger partial charge >= 0.3 is 16.0 Å². The molecule has 1 N–H and O–H groups in total. The van der Waals surface area contributed by atoms with Crippen LogP contribution in [0.1, 0.15) is 13.8 Å². The van der Waals surface area contributed by atoms with E-state index in [1.165, 1.54) is 0 Å². The summed E-state index contributed by atoms with van der Waals surface area (Å²) in [5.41, 5.74) is 0.511. The number of carbonyl (C=O) groups is 1. The Bertz CT molecular complexity index is 130. The Balaban J connectivity index is 3.74. The molecule has 0 aromatic rings. The third-order valence-electron chi connectivity index (χ3n) is 0.893. The second-order valence-corrected chi connectivity index (χ2v) is 1.84. The molecular weight excluding hydrogens is 136 g/mol. The lowest BCUT2D eigenvalue weighted by atomic mass is 10.3. The standard InChI is InChI=1S/C5H8O3Si/c1-3-4(2)5(6)8-9-7/h3,7H,1-2H3/b4-3+. The summed E-state index contributed by atoms with van der Waals surface area (Å²) in [6.07, 6.45) is 1.63. The quantitative estimate of drug-likeness (QED) is 0.439. The third-order valence-corrected chi connectivity index (χ3v) is 1.17. The Hall–Kier alpha value is -0.613. The van der Waals surface area contributed by atoms with Gasteiger partial charge in [-0.05, 0) is 13.8 Å². The lowest BCUT2D eigenvalue weighted by Gasteiger charge is -1.96. The Morgan fingerprint density at radius 2 is 2.33 bits per heavy atom. The lowest BCUT2D eigenvalue weighted by Crippen LogP contribution is -2.08. The molecule has 0 aromatic heterocycles. The molecule has 0 saturated carbocycles. The Kier molecular flexibility index (Phi) is 3.99. The molecule has 0 fully saturated rings. The first kappa shape index (κ1) is 8.39. The van der Waals surface area contributed by atoms with Gasteiger partial charge in [0.1, 0.15) is 0 Å². The molecule has 0 atom stereocenters. The zero-order chi connectivity index (χ0) is 7.28. The van der Waals surface area contributed by atoms with Gasteiger partial charge in [-0.2, -0.15) is 0 Å². The molecule has 0 heterocycles. The fourth-order valence-corrected chi connectivity index (χ4v) is 0.484. The smallest absolute Gasteiger partial charge is 0.487 e. The van der Waals surface area contributed by atoms with E-state index in [0.717, 1.165) is 0 Å². The van der Waals surface area contributed by atoms with Gasteiger partial charge in [-0.3, -0.25) is 0 Å². The number of hydrogen-bond donors (Lipinski definition) is 1. The van der Waals surface area contributed by atoms with E-state index in [1.807, 2.05) is 0 Å². The highest BCUT2D eigenvalue weighted by atomic mass is 28.2. The summed E-state index contributed by atoms with van der Waals surface area (Å²) in [5.74, 6) is -0.460. The van der Waals surface area contributed by atoms with Crippen molar-refractivity contribution in [3.63, 3.8) is 0 Å². The minimum Gasteiger partial charge on any atom is -0.487 e. The molecule has 0 aliphatic carbocycles. The van der Waals surface area contributed by atoms with Crippen molar-refractivity contribution in [2.45, 2.75) is 13.8 Å². The van der Waals surface area contributed by atoms with Gasteiger partial charge in [-0.15, -0.1) is 0 Å². The third kappa shape index (κ3) is 3.05. The van der Waals surface area contributed by atoms with Gasteiger partial charge in [0.05, 0.1) is 0 Å². The molecule has 50 valence electrons. The molecule has 2 radical (unpaired) electrons. The van der Waals surface area contributed by atoms with Crippen molar-refractivity contribution in [2.24, 2.45) is 0 Å². The van der Waals surface area contributed by atoms with Crippen LogP contribution >= 0.6 is 0 Å². The maximum Gasteiger partial charge on any atom is 0.520 e. The van der Waals surface area contributed by atoms with Crippen LogP contribution in [0, 0.1) is 0 Å². The van der Waals surface area contributed by atoms with Crippen LogP contribution in [-0.2, 0) is 9.22 Å². The Labute approximate surface area is 56.4 Å². The van der Waals surface area contributed by atoms with Crippen LogP contribution < -0.4 is 0 Å². The summed E-state index contributed by atoms with van der Waals surface area (Å²) in [6, 6.07) is 0. The SMILES string of the molecule is C/C=C(\C)C(=O)O[Si]O. The van der Waals surface area contributed by atoms with E-state index in [-0.39, 0.29) is 0 Å². The number of rotatable bonds is 2. The molecule has 0 spiro atoms. The first-order chi connectivity index (χ1) is 4.22. The highest BCUT2D eigenvalue weighted by Crippen LogP contribution is 1.93. The van der Waals surface area contributed by atoms with Crippen LogP contribution in [0.5, 0.6) is 0 Å². The first-order valence-electron chi connectivity index (χ1n) is 2.45. The van der Waals surface area contributed by atoms with E-state index in [0.29, 0.717) is 5.57 Å². The number of allylic oxidation sites excluding steroid dienone is 1. The van der Waals surface area contributed by atoms with E-state index < -0.39 is 16.0 Å². The van der Waals surface area contributed by atoms with Gasteiger partial charge in [0, 0.05) is 5.57 Å². The maximum atomic E-state index is 10.5. The lowest BCUT2D eigenvalue weighted by molar-refractivity contribution is -0.130. The highest BCUT2D eigenvalue weighted by molar-refractivity contribution is 6.22. The minimum absolute atomic E-state index is 0.460. The van der Waals surface area contributed by atoms with Gasteiger partial charge in [0.25, 0.3) is 0 Å². The van der Waals surface area contributed by atoms with Crippen molar-refractivity contribution in [3.05, 3.63) is 11.6 Å². The summed E-state index contributed by atoms with van der Waals surface area (Å²) >= 11 is 0. The zero-order valence-corrected chi connectivity index (χ0v) is 6.34. The van der Waals surface area contributed by atoms with Gasteiger partial charge in [-0.25, -0.2) is 4.79 Å². The van der Waals surface area contributed by atoms with Crippen LogP contribution in [0.25, 0.3) is 0 Å². The molecule has 0 unspecified atom stereocenters. The van der Waals surface area contributed by atoms with Crippen molar-refractivity contribution >= 4 is 16.0 Å². The summed E-state index contributed by atoms with van der Waals surface area (Å²) in [7, 11) is -0.756. The molecule has 9 heavy (non-hydrogen) atoms. The average molecular weight is 144 g/mol. The molecular formula is C5H8O3Si. The molecule has 0 aliphatic rings. The van der Waals surface area contributed by atoms with Crippen molar-refractivity contribution in [3.8, 4) is 0 Å². The molecule has 0 rings (SSSR count). The largest absolute Gasteiger partial charge is 0.520 e. The predicted molar refractivity (Wildman–Crippen MR) is 33.5 cm³/mol. The Morgan fingerprint density at radius 1 is 1.78 bits per heavy atom. The number of carbonyl (C=O) groups excluding carboxylic acids is 1. The van der Waals surface area contributed by atoms with E-state index in [9.17, 15) is 4.79 Å². The van der Waals surface area contributed by atoms with Crippen molar-refractivity contribution in [1.29, 1.82) is 0 Å². The minimum atomic E-state index is -0.756. The highest BCUT2D eigenvalue weighted by Gasteiger charge is 2.02. The molecule has 0 amide bonds. The van der Waals surface area contributed by atoms with Crippen LogP contribution in [0.15, 0.2) is 11.6 Å². The van der Waals surface area contributed by atoms with E-state index >= 15 is 0 Å². The summed E-state index contributed by atoms with van der Waals surface area (Å²) in [5, 5.41) is 0. The van der Waals surface area contributed by atoms with Crippen molar-refractivity contribution in [2.75, 3.05) is 0 Å². The molecule has 0 bridgehead atoms. The van der Waals surface area contributed by atoms with E-state index in [1.54, 1.807) is 19.9 Å². The predicted octanol–water partition coefficient (Wildman–Crippen LogP) is 0.0223. The summed E-state index contributed by atoms with van der Waals surface area (Å²) in [6.45, 7) is 3.36. The fourth-order valence-electron chi connectivity index (χ4n) is 0.240. The molecule has 4 heteroatoms. The zero-order valence-electron chi connectivity index (χ0n) is 5.34. The molecule has 0 aliphatic heterocycles.